The summed E-state index contributed by atoms with van der Waals surface area (Å²) >= 11 is 0. The van der Waals surface area contributed by atoms with Crippen LogP contribution in [0.5, 0.6) is 5.75 Å². The smallest absolute Gasteiger partial charge is 0.293 e. The van der Waals surface area contributed by atoms with Crippen LogP contribution in [0.1, 0.15) is 22.0 Å². The topological polar surface area (TPSA) is 72.3 Å². The van der Waals surface area contributed by atoms with E-state index in [0.29, 0.717) is 24.1 Å². The highest BCUT2D eigenvalue weighted by atomic mass is 19.1. The van der Waals surface area contributed by atoms with Gasteiger partial charge in [-0.3, -0.25) is 9.69 Å². The zero-order valence-corrected chi connectivity index (χ0v) is 17.3. The van der Waals surface area contributed by atoms with Crippen LogP contribution in [0.2, 0.25) is 0 Å². The largest absolute Gasteiger partial charge is 0.496 e. The molecule has 5 rings (SSSR count). The van der Waals surface area contributed by atoms with Crippen molar-refractivity contribution in [3.8, 4) is 5.75 Å². The highest BCUT2D eigenvalue weighted by Gasteiger charge is 2.39. The van der Waals surface area contributed by atoms with E-state index in [9.17, 15) is 9.18 Å². The quantitative estimate of drug-likeness (QED) is 0.686. The summed E-state index contributed by atoms with van der Waals surface area (Å²) in [4.78, 5) is 15.2. The molecule has 2 aliphatic heterocycles. The molecule has 0 unspecified atom stereocenters. The van der Waals surface area contributed by atoms with Gasteiger partial charge in [-0.1, -0.05) is 24.3 Å². The zero-order chi connectivity index (χ0) is 21.4. The van der Waals surface area contributed by atoms with Crippen LogP contribution in [-0.2, 0) is 19.5 Å². The number of para-hydroxylation sites is 1. The van der Waals surface area contributed by atoms with Gasteiger partial charge in [0.1, 0.15) is 17.4 Å². The Kier molecular flexibility index (Phi) is 5.15. The first-order chi connectivity index (χ1) is 15.1. The molecule has 31 heavy (non-hydrogen) atoms. The van der Waals surface area contributed by atoms with E-state index in [2.05, 4.69) is 26.5 Å². The van der Waals surface area contributed by atoms with Crippen molar-refractivity contribution in [3.05, 3.63) is 71.6 Å². The monoisotopic (exact) mass is 421 g/mol. The Hall–Kier alpha value is -3.26. The Bertz CT molecular complexity index is 1110. The van der Waals surface area contributed by atoms with Gasteiger partial charge in [-0.25, -0.2) is 4.39 Å². The number of hydrogen-bond acceptors (Lipinski definition) is 5. The fraction of sp³-hybridized carbons (Fsp3) is 0.348. The van der Waals surface area contributed by atoms with Crippen molar-refractivity contribution < 1.29 is 13.9 Å². The van der Waals surface area contributed by atoms with Crippen molar-refractivity contribution >= 4 is 11.6 Å². The minimum atomic E-state index is -0.398. The van der Waals surface area contributed by atoms with Crippen LogP contribution in [0.25, 0.3) is 0 Å². The van der Waals surface area contributed by atoms with Crippen molar-refractivity contribution in [3.63, 3.8) is 0 Å². The standard InChI is InChI=1S/C23H24FN5O2/c1-31-20-8-3-2-5-15(20)11-28-12-16-9-21-26-27-22(29(21)14-17(16)13-28)23(30)25-19-7-4-6-18(24)10-19/h2-8,10,16-17H,9,11-14H2,1H3,(H,25,30)/t16-,17+/m0/s1. The van der Waals surface area contributed by atoms with Crippen LogP contribution in [0.3, 0.4) is 0 Å². The second kappa shape index (κ2) is 8.11. The second-order valence-corrected chi connectivity index (χ2v) is 8.25. The van der Waals surface area contributed by atoms with Crippen LogP contribution in [0.15, 0.2) is 48.5 Å². The van der Waals surface area contributed by atoms with Crippen molar-refractivity contribution in [1.82, 2.24) is 19.7 Å². The summed E-state index contributed by atoms with van der Waals surface area (Å²) in [6.07, 6.45) is 0.799. The third-order valence-corrected chi connectivity index (χ3v) is 6.21. The zero-order valence-electron chi connectivity index (χ0n) is 17.3. The number of carbonyl (C=O) groups is 1. The molecule has 1 fully saturated rings. The lowest BCUT2D eigenvalue weighted by Gasteiger charge is -2.25. The van der Waals surface area contributed by atoms with Gasteiger partial charge in [0.25, 0.3) is 5.91 Å². The van der Waals surface area contributed by atoms with Crippen LogP contribution in [-0.4, -0.2) is 45.8 Å². The maximum absolute atomic E-state index is 13.4. The van der Waals surface area contributed by atoms with Crippen LogP contribution in [0.4, 0.5) is 10.1 Å². The number of likely N-dealkylation sites (tertiary alicyclic amines) is 1. The van der Waals surface area contributed by atoms with Crippen LogP contribution < -0.4 is 10.1 Å². The number of aromatic nitrogens is 3. The Morgan fingerprint density at radius 3 is 2.81 bits per heavy atom. The van der Waals surface area contributed by atoms with Gasteiger partial charge in [0, 0.05) is 43.9 Å². The summed E-state index contributed by atoms with van der Waals surface area (Å²) in [5.74, 6) is 2.18. The average molecular weight is 421 g/mol. The normalized spacial score (nSPS) is 20.2. The lowest BCUT2D eigenvalue weighted by Crippen LogP contribution is -2.31. The Labute approximate surface area is 179 Å². The maximum Gasteiger partial charge on any atom is 0.293 e. The number of ether oxygens (including phenoxy) is 1. The van der Waals surface area contributed by atoms with Gasteiger partial charge in [-0.15, -0.1) is 10.2 Å². The number of carbonyl (C=O) groups excluding carboxylic acids is 1. The van der Waals surface area contributed by atoms with E-state index in [4.69, 9.17) is 4.74 Å². The third-order valence-electron chi connectivity index (χ3n) is 6.21. The number of hydrogen-bond donors (Lipinski definition) is 1. The first-order valence-corrected chi connectivity index (χ1v) is 10.4. The minimum absolute atomic E-state index is 0.279. The molecule has 3 heterocycles. The number of nitrogens with zero attached hydrogens (tertiary/aromatic N) is 4. The lowest BCUT2D eigenvalue weighted by atomic mass is 9.89. The number of benzene rings is 2. The van der Waals surface area contributed by atoms with E-state index in [1.807, 2.05) is 22.8 Å². The highest BCUT2D eigenvalue weighted by Crippen LogP contribution is 2.34. The first kappa shape index (κ1) is 19.7. The van der Waals surface area contributed by atoms with E-state index in [0.717, 1.165) is 37.6 Å². The van der Waals surface area contributed by atoms with Gasteiger partial charge in [0.05, 0.1) is 7.11 Å². The number of amides is 1. The SMILES string of the molecule is COc1ccccc1CN1C[C@@H]2Cn3c(nnc3C(=O)Nc3cccc(F)c3)C[C@H]2C1. The van der Waals surface area contributed by atoms with Gasteiger partial charge >= 0.3 is 0 Å². The van der Waals surface area contributed by atoms with E-state index < -0.39 is 5.82 Å². The van der Waals surface area contributed by atoms with Crippen molar-refractivity contribution in [2.24, 2.45) is 11.8 Å². The van der Waals surface area contributed by atoms with Crippen LogP contribution >= 0.6 is 0 Å². The summed E-state index contributed by atoms with van der Waals surface area (Å²) in [7, 11) is 1.70. The summed E-state index contributed by atoms with van der Waals surface area (Å²) in [6, 6.07) is 13.9. The predicted octanol–water partition coefficient (Wildman–Crippen LogP) is 2.98. The molecule has 1 amide bonds. The summed E-state index contributed by atoms with van der Waals surface area (Å²) in [6.45, 7) is 3.48. The Balaban J connectivity index is 1.28. The van der Waals surface area contributed by atoms with E-state index in [1.54, 1.807) is 19.2 Å². The fourth-order valence-electron chi connectivity index (χ4n) is 4.75. The van der Waals surface area contributed by atoms with E-state index >= 15 is 0 Å². The van der Waals surface area contributed by atoms with Gasteiger partial charge in [0.15, 0.2) is 0 Å². The summed E-state index contributed by atoms with van der Waals surface area (Å²) < 4.78 is 20.8. The second-order valence-electron chi connectivity index (χ2n) is 8.25. The molecule has 0 saturated carbocycles. The molecule has 0 bridgehead atoms. The molecule has 8 heteroatoms. The molecule has 1 N–H and O–H groups in total. The average Bonchev–Trinajstić information content (AvgIpc) is 3.35. The molecule has 160 valence electrons. The first-order valence-electron chi connectivity index (χ1n) is 10.4. The van der Waals surface area contributed by atoms with E-state index in [-0.39, 0.29) is 11.7 Å². The summed E-state index contributed by atoms with van der Waals surface area (Å²) in [5, 5.41) is 11.1. The molecule has 1 aromatic heterocycles. The van der Waals surface area contributed by atoms with Crippen molar-refractivity contribution in [2.45, 2.75) is 19.5 Å². The lowest BCUT2D eigenvalue weighted by molar-refractivity contribution is 0.100. The molecule has 3 aromatic rings. The maximum atomic E-state index is 13.4. The number of methoxy groups -OCH3 is 1. The molecule has 0 radical (unpaired) electrons. The molecule has 2 aromatic carbocycles. The fourth-order valence-corrected chi connectivity index (χ4v) is 4.75. The van der Waals surface area contributed by atoms with Crippen molar-refractivity contribution in [2.75, 3.05) is 25.5 Å². The third kappa shape index (κ3) is 3.90. The molecule has 7 nitrogen and oxygen atoms in total. The Morgan fingerprint density at radius 2 is 1.97 bits per heavy atom. The number of anilines is 1. The van der Waals surface area contributed by atoms with Gasteiger partial charge in [-0.05, 0) is 36.1 Å². The molecule has 0 aliphatic carbocycles. The molecular formula is C23H24FN5O2. The van der Waals surface area contributed by atoms with Gasteiger partial charge in [-0.2, -0.15) is 0 Å². The molecule has 2 atom stereocenters. The number of halogens is 1. The van der Waals surface area contributed by atoms with Gasteiger partial charge in [0.2, 0.25) is 5.82 Å². The van der Waals surface area contributed by atoms with Crippen LogP contribution in [0, 0.1) is 17.7 Å². The Morgan fingerprint density at radius 1 is 1.13 bits per heavy atom. The number of rotatable bonds is 5. The number of nitrogens with one attached hydrogen (secondary N) is 1. The number of fused-ring (bicyclic) bond motifs is 2. The molecule has 1 saturated heterocycles. The molecule has 2 aliphatic rings. The molecule has 0 spiro atoms. The van der Waals surface area contributed by atoms with E-state index in [1.165, 1.54) is 17.7 Å². The highest BCUT2D eigenvalue weighted by molar-refractivity contribution is 6.01. The van der Waals surface area contributed by atoms with Gasteiger partial charge < -0.3 is 14.6 Å². The molecular weight excluding hydrogens is 397 g/mol. The minimum Gasteiger partial charge on any atom is -0.496 e. The summed E-state index contributed by atoms with van der Waals surface area (Å²) in [5.41, 5.74) is 1.58. The van der Waals surface area contributed by atoms with Crippen molar-refractivity contribution in [1.29, 1.82) is 0 Å². The predicted molar refractivity (Wildman–Crippen MR) is 113 cm³/mol.